The van der Waals surface area contributed by atoms with Crippen LogP contribution in [0.1, 0.15) is 62.1 Å². The minimum atomic E-state index is -0.366. The van der Waals surface area contributed by atoms with E-state index in [9.17, 15) is 14.4 Å². The van der Waals surface area contributed by atoms with Gasteiger partial charge in [-0.1, -0.05) is 31.4 Å². The number of anilines is 1. The zero-order valence-corrected chi connectivity index (χ0v) is 17.6. The molecule has 0 bridgehead atoms. The fourth-order valence-electron chi connectivity index (χ4n) is 3.40. The molecule has 1 aromatic heterocycles. The maximum atomic E-state index is 12.8. The summed E-state index contributed by atoms with van der Waals surface area (Å²) in [7, 11) is 0. The first-order valence-electron chi connectivity index (χ1n) is 10.4. The van der Waals surface area contributed by atoms with Crippen molar-refractivity contribution in [2.75, 3.05) is 11.9 Å². The highest BCUT2D eigenvalue weighted by molar-refractivity contribution is 6.22. The molecule has 0 saturated heterocycles. The maximum Gasteiger partial charge on any atom is 0.261 e. The molecule has 32 heavy (non-hydrogen) atoms. The Kier molecular flexibility index (Phi) is 6.09. The van der Waals surface area contributed by atoms with Crippen LogP contribution >= 0.6 is 0 Å². The van der Waals surface area contributed by atoms with E-state index in [1.54, 1.807) is 36.5 Å². The molecule has 0 saturated carbocycles. The normalized spacial score (nSPS) is 12.2. The summed E-state index contributed by atoms with van der Waals surface area (Å²) in [6.45, 7) is 2.39. The number of unbranched alkanes of at least 4 members (excludes halogenated alkanes) is 1. The number of imide groups is 1. The number of rotatable bonds is 5. The van der Waals surface area contributed by atoms with Gasteiger partial charge >= 0.3 is 0 Å². The van der Waals surface area contributed by atoms with Crippen molar-refractivity contribution in [2.24, 2.45) is 0 Å². The lowest BCUT2D eigenvalue weighted by Gasteiger charge is -2.12. The van der Waals surface area contributed by atoms with Gasteiger partial charge in [-0.2, -0.15) is 0 Å². The molecule has 0 spiro atoms. The van der Waals surface area contributed by atoms with Crippen molar-refractivity contribution in [1.82, 2.24) is 9.88 Å². The SMILES string of the molecule is CCCCN1C(=O)c2ccc(C(=O)Nc3cccc(C#Cc4ccccn4)c3)cc2C1=O. The summed E-state index contributed by atoms with van der Waals surface area (Å²) in [6, 6.07) is 17.3. The van der Waals surface area contributed by atoms with Gasteiger partial charge in [0.1, 0.15) is 5.69 Å². The zero-order valence-electron chi connectivity index (χ0n) is 17.6. The van der Waals surface area contributed by atoms with Crippen molar-refractivity contribution in [1.29, 1.82) is 0 Å². The van der Waals surface area contributed by atoms with Gasteiger partial charge in [0.05, 0.1) is 11.1 Å². The van der Waals surface area contributed by atoms with Gasteiger partial charge in [-0.3, -0.25) is 19.3 Å². The summed E-state index contributed by atoms with van der Waals surface area (Å²) in [5.41, 5.74) is 2.90. The van der Waals surface area contributed by atoms with Gasteiger partial charge in [0.25, 0.3) is 17.7 Å². The molecular formula is C26H21N3O3. The number of hydrogen-bond donors (Lipinski definition) is 1. The van der Waals surface area contributed by atoms with E-state index >= 15 is 0 Å². The third-order valence-electron chi connectivity index (χ3n) is 5.09. The number of nitrogens with one attached hydrogen (secondary N) is 1. The van der Waals surface area contributed by atoms with Crippen LogP contribution in [0.2, 0.25) is 0 Å². The van der Waals surface area contributed by atoms with Gasteiger partial charge in [0, 0.05) is 29.6 Å². The Morgan fingerprint density at radius 1 is 0.969 bits per heavy atom. The van der Waals surface area contributed by atoms with Crippen molar-refractivity contribution in [3.8, 4) is 11.8 Å². The average molecular weight is 423 g/mol. The highest BCUT2D eigenvalue weighted by Crippen LogP contribution is 2.25. The first-order valence-corrected chi connectivity index (χ1v) is 10.4. The van der Waals surface area contributed by atoms with Crippen LogP contribution in [0.15, 0.2) is 66.9 Å². The molecule has 3 aromatic rings. The van der Waals surface area contributed by atoms with Gasteiger partial charge in [0.2, 0.25) is 0 Å². The van der Waals surface area contributed by atoms with Gasteiger partial charge in [0.15, 0.2) is 0 Å². The third kappa shape index (κ3) is 4.42. The van der Waals surface area contributed by atoms with Crippen LogP contribution in [-0.4, -0.2) is 34.2 Å². The molecular weight excluding hydrogens is 402 g/mol. The first kappa shape index (κ1) is 21.0. The number of aromatic nitrogens is 1. The maximum absolute atomic E-state index is 12.8. The van der Waals surface area contributed by atoms with E-state index in [4.69, 9.17) is 0 Å². The number of benzene rings is 2. The number of hydrogen-bond acceptors (Lipinski definition) is 4. The summed E-state index contributed by atoms with van der Waals surface area (Å²) in [5, 5.41) is 2.83. The predicted molar refractivity (Wildman–Crippen MR) is 121 cm³/mol. The summed E-state index contributed by atoms with van der Waals surface area (Å²) in [6.07, 6.45) is 3.31. The minimum absolute atomic E-state index is 0.272. The van der Waals surface area contributed by atoms with Crippen molar-refractivity contribution in [3.63, 3.8) is 0 Å². The second kappa shape index (κ2) is 9.27. The van der Waals surface area contributed by atoms with Crippen LogP contribution in [0, 0.1) is 11.8 Å². The summed E-state index contributed by atoms with van der Waals surface area (Å²) in [5.74, 6) is 5.00. The van der Waals surface area contributed by atoms with Crippen LogP contribution in [0.4, 0.5) is 5.69 Å². The lowest BCUT2D eigenvalue weighted by atomic mass is 10.1. The summed E-state index contributed by atoms with van der Waals surface area (Å²) in [4.78, 5) is 43.3. The minimum Gasteiger partial charge on any atom is -0.322 e. The molecule has 158 valence electrons. The lowest BCUT2D eigenvalue weighted by molar-refractivity contribution is 0.0652. The Balaban J connectivity index is 1.50. The molecule has 1 aliphatic heterocycles. The molecule has 4 rings (SSSR count). The smallest absolute Gasteiger partial charge is 0.261 e. The highest BCUT2D eigenvalue weighted by Gasteiger charge is 2.35. The van der Waals surface area contributed by atoms with Gasteiger partial charge < -0.3 is 5.32 Å². The molecule has 3 amide bonds. The zero-order chi connectivity index (χ0) is 22.5. The molecule has 0 fully saturated rings. The van der Waals surface area contributed by atoms with Gasteiger partial charge in [-0.25, -0.2) is 4.98 Å². The van der Waals surface area contributed by atoms with Crippen LogP contribution in [0.5, 0.6) is 0 Å². The Labute approximate surface area is 186 Å². The number of pyridine rings is 1. The number of carbonyl (C=O) groups excluding carboxylic acids is 3. The standard InChI is InChI=1S/C26H21N3O3/c1-2-3-15-29-25(31)22-13-11-19(17-23(22)26(29)32)24(30)28-21-9-6-7-18(16-21)10-12-20-8-4-5-14-27-20/h4-9,11,13-14,16-17H,2-3,15H2,1H3,(H,28,30). The monoisotopic (exact) mass is 423 g/mol. The van der Waals surface area contributed by atoms with E-state index in [2.05, 4.69) is 22.1 Å². The molecule has 2 heterocycles. The van der Waals surface area contributed by atoms with E-state index < -0.39 is 0 Å². The molecule has 0 atom stereocenters. The van der Waals surface area contributed by atoms with Crippen molar-refractivity contribution >= 4 is 23.4 Å². The number of nitrogens with zero attached hydrogens (tertiary/aromatic N) is 2. The summed E-state index contributed by atoms with van der Waals surface area (Å²) < 4.78 is 0. The molecule has 1 aliphatic rings. The van der Waals surface area contributed by atoms with E-state index in [0.717, 1.165) is 18.4 Å². The van der Waals surface area contributed by atoms with Crippen molar-refractivity contribution in [3.05, 3.63) is 94.8 Å². The Morgan fingerprint density at radius 3 is 2.59 bits per heavy atom. The Hall–Kier alpha value is -4.24. The van der Waals surface area contributed by atoms with Crippen molar-refractivity contribution in [2.45, 2.75) is 19.8 Å². The van der Waals surface area contributed by atoms with Crippen LogP contribution in [0.25, 0.3) is 0 Å². The second-order valence-electron chi connectivity index (χ2n) is 7.38. The molecule has 0 unspecified atom stereocenters. The lowest BCUT2D eigenvalue weighted by Crippen LogP contribution is -2.30. The fraction of sp³-hybridized carbons (Fsp3) is 0.154. The highest BCUT2D eigenvalue weighted by atomic mass is 16.2. The number of carbonyl (C=O) groups is 3. The first-order chi connectivity index (χ1) is 15.6. The van der Waals surface area contributed by atoms with Gasteiger partial charge in [-0.05, 0) is 60.9 Å². The largest absolute Gasteiger partial charge is 0.322 e. The molecule has 2 aromatic carbocycles. The Morgan fingerprint density at radius 2 is 1.81 bits per heavy atom. The molecule has 0 radical (unpaired) electrons. The number of fused-ring (bicyclic) bond motifs is 1. The van der Waals surface area contributed by atoms with Crippen LogP contribution < -0.4 is 5.32 Å². The quantitative estimate of drug-likeness (QED) is 0.494. The van der Waals surface area contributed by atoms with E-state index in [1.165, 1.54) is 11.0 Å². The average Bonchev–Trinajstić information content (AvgIpc) is 3.06. The van der Waals surface area contributed by atoms with Crippen molar-refractivity contribution < 1.29 is 14.4 Å². The molecule has 6 heteroatoms. The van der Waals surface area contributed by atoms with Crippen LogP contribution in [0.3, 0.4) is 0 Å². The predicted octanol–water partition coefficient (Wildman–Crippen LogP) is 4.13. The summed E-state index contributed by atoms with van der Waals surface area (Å²) >= 11 is 0. The van der Waals surface area contributed by atoms with E-state index in [-0.39, 0.29) is 23.3 Å². The van der Waals surface area contributed by atoms with E-state index in [1.807, 2.05) is 31.2 Å². The molecule has 0 aliphatic carbocycles. The molecule has 1 N–H and O–H groups in total. The Bertz CT molecular complexity index is 1260. The third-order valence-corrected chi connectivity index (χ3v) is 5.09. The topological polar surface area (TPSA) is 79.4 Å². The van der Waals surface area contributed by atoms with Gasteiger partial charge in [-0.15, -0.1) is 0 Å². The number of amides is 3. The second-order valence-corrected chi connectivity index (χ2v) is 7.38. The fourth-order valence-corrected chi connectivity index (χ4v) is 3.40. The van der Waals surface area contributed by atoms with E-state index in [0.29, 0.717) is 29.1 Å². The van der Waals surface area contributed by atoms with Crippen LogP contribution in [-0.2, 0) is 0 Å². The molecule has 6 nitrogen and oxygen atoms in total.